The van der Waals surface area contributed by atoms with E-state index >= 15 is 0 Å². The van der Waals surface area contributed by atoms with E-state index in [1.807, 2.05) is 61.5 Å². The molecule has 1 unspecified atom stereocenters. The summed E-state index contributed by atoms with van der Waals surface area (Å²) < 4.78 is 5.79. The molecule has 1 atom stereocenters. The number of aliphatic hydroxyl groups is 1. The lowest BCUT2D eigenvalue weighted by molar-refractivity contribution is 0.166. The summed E-state index contributed by atoms with van der Waals surface area (Å²) in [6.07, 6.45) is 0.225. The molecule has 0 aromatic heterocycles. The van der Waals surface area contributed by atoms with Crippen LogP contribution in [0, 0.1) is 0 Å². The van der Waals surface area contributed by atoms with Gasteiger partial charge in [0.25, 0.3) is 0 Å². The van der Waals surface area contributed by atoms with Crippen molar-refractivity contribution in [3.8, 4) is 5.75 Å². The number of hydrogen-bond acceptors (Lipinski definition) is 2. The van der Waals surface area contributed by atoms with Gasteiger partial charge in [0, 0.05) is 5.56 Å². The molecular formula is C16H18O2. The second kappa shape index (κ2) is 6.22. The van der Waals surface area contributed by atoms with Crippen molar-refractivity contribution in [2.45, 2.75) is 26.1 Å². The fraction of sp³-hybridized carbons (Fsp3) is 0.250. The minimum absolute atomic E-state index is 0.461. The van der Waals surface area contributed by atoms with Gasteiger partial charge in [-0.2, -0.15) is 0 Å². The fourth-order valence-corrected chi connectivity index (χ4v) is 1.84. The summed E-state index contributed by atoms with van der Waals surface area (Å²) >= 11 is 0. The van der Waals surface area contributed by atoms with E-state index in [9.17, 15) is 5.11 Å². The fourth-order valence-electron chi connectivity index (χ4n) is 1.84. The molecule has 0 saturated heterocycles. The second-order valence-corrected chi connectivity index (χ2v) is 4.24. The van der Waals surface area contributed by atoms with Crippen LogP contribution in [-0.4, -0.2) is 5.11 Å². The van der Waals surface area contributed by atoms with Gasteiger partial charge in [-0.05, 0) is 18.1 Å². The van der Waals surface area contributed by atoms with Crippen LogP contribution in [0.25, 0.3) is 0 Å². The van der Waals surface area contributed by atoms with Crippen molar-refractivity contribution >= 4 is 0 Å². The molecule has 2 heteroatoms. The van der Waals surface area contributed by atoms with Gasteiger partial charge in [0.15, 0.2) is 0 Å². The van der Waals surface area contributed by atoms with Crippen molar-refractivity contribution in [3.05, 3.63) is 65.7 Å². The predicted molar refractivity (Wildman–Crippen MR) is 72.5 cm³/mol. The molecule has 0 heterocycles. The number of aliphatic hydroxyl groups excluding tert-OH is 1. The lowest BCUT2D eigenvalue weighted by atomic mass is 10.1. The lowest BCUT2D eigenvalue weighted by Crippen LogP contribution is -2.02. The highest BCUT2D eigenvalue weighted by Gasteiger charge is 2.10. The van der Waals surface area contributed by atoms with Crippen LogP contribution in [0.4, 0.5) is 0 Å². The third kappa shape index (κ3) is 3.11. The van der Waals surface area contributed by atoms with Crippen molar-refractivity contribution in [3.63, 3.8) is 0 Å². The van der Waals surface area contributed by atoms with Crippen molar-refractivity contribution in [1.82, 2.24) is 0 Å². The van der Waals surface area contributed by atoms with Crippen molar-refractivity contribution in [1.29, 1.82) is 0 Å². The lowest BCUT2D eigenvalue weighted by Gasteiger charge is -2.14. The van der Waals surface area contributed by atoms with E-state index in [2.05, 4.69) is 0 Å². The number of benzene rings is 2. The molecule has 0 amide bonds. The van der Waals surface area contributed by atoms with Crippen LogP contribution in [0.3, 0.4) is 0 Å². The third-order valence-electron chi connectivity index (χ3n) is 2.90. The molecule has 0 aliphatic rings. The van der Waals surface area contributed by atoms with Gasteiger partial charge in [0.05, 0.1) is 6.10 Å². The summed E-state index contributed by atoms with van der Waals surface area (Å²) in [4.78, 5) is 0. The standard InChI is InChI=1S/C16H18O2/c1-2-15(17)14-10-6-7-11-16(14)18-12-13-8-4-3-5-9-13/h3-11,15,17H,2,12H2,1H3. The highest BCUT2D eigenvalue weighted by molar-refractivity contribution is 5.35. The summed E-state index contributed by atoms with van der Waals surface area (Å²) in [5.41, 5.74) is 1.98. The van der Waals surface area contributed by atoms with Gasteiger partial charge in [-0.3, -0.25) is 0 Å². The monoisotopic (exact) mass is 242 g/mol. The van der Waals surface area contributed by atoms with E-state index in [4.69, 9.17) is 4.74 Å². The Bertz CT molecular complexity index is 479. The zero-order chi connectivity index (χ0) is 12.8. The first kappa shape index (κ1) is 12.7. The van der Waals surface area contributed by atoms with Crippen LogP contribution in [0.15, 0.2) is 54.6 Å². The van der Waals surface area contributed by atoms with Gasteiger partial charge in [-0.15, -0.1) is 0 Å². The van der Waals surface area contributed by atoms with Gasteiger partial charge in [0.1, 0.15) is 12.4 Å². The maximum Gasteiger partial charge on any atom is 0.125 e. The van der Waals surface area contributed by atoms with E-state index in [1.54, 1.807) is 0 Å². The molecule has 0 fully saturated rings. The average molecular weight is 242 g/mol. The van der Waals surface area contributed by atoms with Crippen molar-refractivity contribution in [2.24, 2.45) is 0 Å². The van der Waals surface area contributed by atoms with Gasteiger partial charge < -0.3 is 9.84 Å². The Morgan fingerprint density at radius 2 is 1.67 bits per heavy atom. The normalized spacial score (nSPS) is 12.1. The SMILES string of the molecule is CCC(O)c1ccccc1OCc1ccccc1. The highest BCUT2D eigenvalue weighted by atomic mass is 16.5. The van der Waals surface area contributed by atoms with Crippen LogP contribution in [-0.2, 0) is 6.61 Å². The Balaban J connectivity index is 2.10. The van der Waals surface area contributed by atoms with E-state index in [1.165, 1.54) is 0 Å². The maximum atomic E-state index is 9.93. The van der Waals surface area contributed by atoms with Crippen LogP contribution in [0.5, 0.6) is 5.75 Å². The molecule has 2 aromatic carbocycles. The Morgan fingerprint density at radius 3 is 2.39 bits per heavy atom. The van der Waals surface area contributed by atoms with Gasteiger partial charge in [0.2, 0.25) is 0 Å². The molecule has 1 N–H and O–H groups in total. The topological polar surface area (TPSA) is 29.5 Å². The predicted octanol–water partition coefficient (Wildman–Crippen LogP) is 3.71. The summed E-state index contributed by atoms with van der Waals surface area (Å²) in [6.45, 7) is 2.48. The molecule has 0 spiro atoms. The first-order chi connectivity index (χ1) is 8.81. The molecule has 2 aromatic rings. The van der Waals surface area contributed by atoms with Crippen LogP contribution in [0.1, 0.15) is 30.6 Å². The molecule has 0 aliphatic carbocycles. The zero-order valence-electron chi connectivity index (χ0n) is 10.5. The summed E-state index contributed by atoms with van der Waals surface area (Å²) in [6, 6.07) is 17.7. The molecule has 18 heavy (non-hydrogen) atoms. The van der Waals surface area contributed by atoms with E-state index < -0.39 is 6.10 Å². The average Bonchev–Trinajstić information content (AvgIpc) is 2.45. The smallest absolute Gasteiger partial charge is 0.125 e. The van der Waals surface area contributed by atoms with Gasteiger partial charge in [-0.1, -0.05) is 55.5 Å². The third-order valence-corrected chi connectivity index (χ3v) is 2.90. The Labute approximate surface area is 108 Å². The molecule has 0 aliphatic heterocycles. The first-order valence-electron chi connectivity index (χ1n) is 6.25. The van der Waals surface area contributed by atoms with E-state index in [-0.39, 0.29) is 0 Å². The molecule has 2 nitrogen and oxygen atoms in total. The summed E-state index contributed by atoms with van der Waals surface area (Å²) in [5, 5.41) is 9.93. The first-order valence-corrected chi connectivity index (χ1v) is 6.25. The Hall–Kier alpha value is -1.80. The number of para-hydroxylation sites is 1. The number of hydrogen-bond donors (Lipinski definition) is 1. The highest BCUT2D eigenvalue weighted by Crippen LogP contribution is 2.27. The molecule has 0 saturated carbocycles. The molecular weight excluding hydrogens is 224 g/mol. The molecule has 94 valence electrons. The number of ether oxygens (including phenoxy) is 1. The minimum Gasteiger partial charge on any atom is -0.489 e. The van der Waals surface area contributed by atoms with Crippen LogP contribution in [0.2, 0.25) is 0 Å². The van der Waals surface area contributed by atoms with Crippen molar-refractivity contribution in [2.75, 3.05) is 0 Å². The van der Waals surface area contributed by atoms with Crippen LogP contribution >= 0.6 is 0 Å². The maximum absolute atomic E-state index is 9.93. The second-order valence-electron chi connectivity index (χ2n) is 4.24. The van der Waals surface area contributed by atoms with E-state index in [0.717, 1.165) is 16.9 Å². The minimum atomic E-state index is -0.461. The Morgan fingerprint density at radius 1 is 1.00 bits per heavy atom. The Kier molecular flexibility index (Phi) is 4.37. The van der Waals surface area contributed by atoms with E-state index in [0.29, 0.717) is 13.0 Å². The van der Waals surface area contributed by atoms with Gasteiger partial charge in [-0.25, -0.2) is 0 Å². The molecule has 0 radical (unpaired) electrons. The quantitative estimate of drug-likeness (QED) is 0.866. The zero-order valence-corrected chi connectivity index (χ0v) is 10.5. The summed E-state index contributed by atoms with van der Waals surface area (Å²) in [5.74, 6) is 0.760. The molecule has 0 bridgehead atoms. The number of rotatable bonds is 5. The van der Waals surface area contributed by atoms with Crippen molar-refractivity contribution < 1.29 is 9.84 Å². The summed E-state index contributed by atoms with van der Waals surface area (Å²) in [7, 11) is 0. The van der Waals surface area contributed by atoms with Gasteiger partial charge >= 0.3 is 0 Å². The molecule has 2 rings (SSSR count). The van der Waals surface area contributed by atoms with Crippen LogP contribution < -0.4 is 4.74 Å². The largest absolute Gasteiger partial charge is 0.489 e.